The van der Waals surface area contributed by atoms with Crippen molar-refractivity contribution in [1.82, 2.24) is 14.9 Å². The SMILES string of the molecule is O=c1cc(CN2CCCC2)[nH]c(=O)[nH]1. The van der Waals surface area contributed by atoms with Crippen molar-refractivity contribution in [2.45, 2.75) is 19.4 Å². The third-order valence-electron chi connectivity index (χ3n) is 2.41. The minimum atomic E-state index is -0.424. The third kappa shape index (κ3) is 2.11. The Bertz CT molecular complexity index is 386. The Labute approximate surface area is 80.8 Å². The van der Waals surface area contributed by atoms with Gasteiger partial charge in [-0.05, 0) is 25.9 Å². The molecule has 5 heteroatoms. The number of aromatic nitrogens is 2. The molecule has 14 heavy (non-hydrogen) atoms. The van der Waals surface area contributed by atoms with E-state index < -0.39 is 5.69 Å². The molecule has 0 aliphatic carbocycles. The molecule has 0 atom stereocenters. The number of aromatic amines is 2. The van der Waals surface area contributed by atoms with Crippen molar-refractivity contribution in [3.8, 4) is 0 Å². The Morgan fingerprint density at radius 2 is 1.93 bits per heavy atom. The summed E-state index contributed by atoms with van der Waals surface area (Å²) in [5, 5.41) is 0. The Morgan fingerprint density at radius 1 is 1.21 bits per heavy atom. The molecule has 0 spiro atoms. The predicted molar refractivity (Wildman–Crippen MR) is 52.2 cm³/mol. The number of hydrogen-bond acceptors (Lipinski definition) is 3. The van der Waals surface area contributed by atoms with Gasteiger partial charge in [-0.15, -0.1) is 0 Å². The highest BCUT2D eigenvalue weighted by atomic mass is 16.2. The molecule has 2 rings (SSSR count). The van der Waals surface area contributed by atoms with Crippen LogP contribution in [0, 0.1) is 0 Å². The number of H-pyrrole nitrogens is 2. The number of rotatable bonds is 2. The molecule has 1 aromatic heterocycles. The predicted octanol–water partition coefficient (Wildman–Crippen LogP) is -0.341. The highest BCUT2D eigenvalue weighted by Gasteiger charge is 2.12. The Balaban J connectivity index is 2.15. The molecule has 0 unspecified atom stereocenters. The average molecular weight is 195 g/mol. The largest absolute Gasteiger partial charge is 0.325 e. The summed E-state index contributed by atoms with van der Waals surface area (Å²) in [6.45, 7) is 2.77. The topological polar surface area (TPSA) is 69.0 Å². The van der Waals surface area contributed by atoms with Gasteiger partial charge >= 0.3 is 5.69 Å². The molecule has 1 aromatic rings. The number of hydrogen-bond donors (Lipinski definition) is 2. The van der Waals surface area contributed by atoms with Crippen LogP contribution in [-0.4, -0.2) is 28.0 Å². The van der Waals surface area contributed by atoms with E-state index in [2.05, 4.69) is 14.9 Å². The van der Waals surface area contributed by atoms with E-state index in [1.165, 1.54) is 18.9 Å². The van der Waals surface area contributed by atoms with E-state index in [-0.39, 0.29) is 5.56 Å². The number of nitrogens with zero attached hydrogens (tertiary/aromatic N) is 1. The van der Waals surface area contributed by atoms with Crippen LogP contribution in [0.2, 0.25) is 0 Å². The minimum Gasteiger partial charge on any atom is -0.310 e. The van der Waals surface area contributed by atoms with Gasteiger partial charge in [0.05, 0.1) is 0 Å². The summed E-state index contributed by atoms with van der Waals surface area (Å²) in [5.74, 6) is 0. The number of likely N-dealkylation sites (tertiary alicyclic amines) is 1. The van der Waals surface area contributed by atoms with Crippen LogP contribution in [0.15, 0.2) is 15.7 Å². The zero-order valence-electron chi connectivity index (χ0n) is 7.88. The Kier molecular flexibility index (Phi) is 2.49. The first-order valence-electron chi connectivity index (χ1n) is 4.79. The van der Waals surface area contributed by atoms with Gasteiger partial charge in [-0.2, -0.15) is 0 Å². The summed E-state index contributed by atoms with van der Waals surface area (Å²) in [5.41, 5.74) is -0.0599. The maximum absolute atomic E-state index is 11.0. The first-order valence-corrected chi connectivity index (χ1v) is 4.79. The van der Waals surface area contributed by atoms with E-state index in [9.17, 15) is 9.59 Å². The van der Waals surface area contributed by atoms with Crippen LogP contribution >= 0.6 is 0 Å². The van der Waals surface area contributed by atoms with Gasteiger partial charge in [-0.1, -0.05) is 0 Å². The van der Waals surface area contributed by atoms with E-state index in [0.717, 1.165) is 13.1 Å². The van der Waals surface area contributed by atoms with Crippen LogP contribution in [0.4, 0.5) is 0 Å². The molecule has 5 nitrogen and oxygen atoms in total. The molecule has 1 fully saturated rings. The monoisotopic (exact) mass is 195 g/mol. The van der Waals surface area contributed by atoms with Gasteiger partial charge in [0.1, 0.15) is 0 Å². The molecule has 0 aromatic carbocycles. The lowest BCUT2D eigenvalue weighted by atomic mass is 10.4. The molecule has 1 saturated heterocycles. The first kappa shape index (κ1) is 9.21. The smallest absolute Gasteiger partial charge is 0.310 e. The molecule has 1 aliphatic heterocycles. The molecular formula is C9H13N3O2. The van der Waals surface area contributed by atoms with Crippen LogP contribution in [0.5, 0.6) is 0 Å². The summed E-state index contributed by atoms with van der Waals surface area (Å²) in [4.78, 5) is 28.9. The van der Waals surface area contributed by atoms with Gasteiger partial charge in [-0.25, -0.2) is 4.79 Å². The van der Waals surface area contributed by atoms with Crippen molar-refractivity contribution < 1.29 is 0 Å². The van der Waals surface area contributed by atoms with Crippen molar-refractivity contribution >= 4 is 0 Å². The van der Waals surface area contributed by atoms with Crippen LogP contribution in [0.1, 0.15) is 18.5 Å². The third-order valence-corrected chi connectivity index (χ3v) is 2.41. The van der Waals surface area contributed by atoms with Crippen molar-refractivity contribution in [3.63, 3.8) is 0 Å². The zero-order chi connectivity index (χ0) is 9.97. The van der Waals surface area contributed by atoms with Gasteiger partial charge in [0, 0.05) is 18.3 Å². The minimum absolute atomic E-state index is 0.331. The molecule has 1 aliphatic rings. The van der Waals surface area contributed by atoms with Gasteiger partial charge in [0.25, 0.3) is 5.56 Å². The van der Waals surface area contributed by atoms with Crippen molar-refractivity contribution in [2.24, 2.45) is 0 Å². The average Bonchev–Trinajstić information content (AvgIpc) is 2.54. The van der Waals surface area contributed by atoms with E-state index in [4.69, 9.17) is 0 Å². The van der Waals surface area contributed by atoms with Crippen molar-refractivity contribution in [1.29, 1.82) is 0 Å². The lowest BCUT2D eigenvalue weighted by molar-refractivity contribution is 0.326. The van der Waals surface area contributed by atoms with E-state index in [0.29, 0.717) is 12.2 Å². The second-order valence-electron chi connectivity index (χ2n) is 3.60. The van der Waals surface area contributed by atoms with E-state index >= 15 is 0 Å². The molecule has 2 heterocycles. The standard InChI is InChI=1S/C9H13N3O2/c13-8-5-7(10-9(14)11-8)6-12-3-1-2-4-12/h5H,1-4,6H2,(H2,10,11,13,14). The highest BCUT2D eigenvalue weighted by molar-refractivity contribution is 4.98. The summed E-state index contributed by atoms with van der Waals surface area (Å²) in [7, 11) is 0. The molecular weight excluding hydrogens is 182 g/mol. The zero-order valence-corrected chi connectivity index (χ0v) is 7.88. The van der Waals surface area contributed by atoms with Crippen LogP contribution in [0.25, 0.3) is 0 Å². The molecule has 0 bridgehead atoms. The Hall–Kier alpha value is -1.36. The molecule has 0 saturated carbocycles. The summed E-state index contributed by atoms with van der Waals surface area (Å²) in [6, 6.07) is 1.44. The van der Waals surface area contributed by atoms with Gasteiger partial charge in [0.15, 0.2) is 0 Å². The maximum atomic E-state index is 11.0. The number of nitrogens with one attached hydrogen (secondary N) is 2. The molecule has 76 valence electrons. The fourth-order valence-corrected chi connectivity index (χ4v) is 1.79. The normalized spacial score (nSPS) is 17.4. The van der Waals surface area contributed by atoms with Gasteiger partial charge in [-0.3, -0.25) is 14.7 Å². The van der Waals surface area contributed by atoms with Crippen molar-refractivity contribution in [3.05, 3.63) is 32.6 Å². The lowest BCUT2D eigenvalue weighted by Gasteiger charge is -2.13. The molecule has 2 N–H and O–H groups in total. The van der Waals surface area contributed by atoms with E-state index in [1.807, 2.05) is 0 Å². The van der Waals surface area contributed by atoms with Crippen LogP contribution in [0.3, 0.4) is 0 Å². The van der Waals surface area contributed by atoms with E-state index in [1.54, 1.807) is 0 Å². The summed E-state index contributed by atoms with van der Waals surface area (Å²) >= 11 is 0. The summed E-state index contributed by atoms with van der Waals surface area (Å²) < 4.78 is 0. The quantitative estimate of drug-likeness (QED) is 0.678. The first-order chi connectivity index (χ1) is 6.74. The van der Waals surface area contributed by atoms with Gasteiger partial charge < -0.3 is 4.98 Å². The van der Waals surface area contributed by atoms with Crippen LogP contribution < -0.4 is 11.2 Å². The van der Waals surface area contributed by atoms with Crippen LogP contribution in [-0.2, 0) is 6.54 Å². The molecule has 0 amide bonds. The lowest BCUT2D eigenvalue weighted by Crippen LogP contribution is -2.27. The fraction of sp³-hybridized carbons (Fsp3) is 0.556. The maximum Gasteiger partial charge on any atom is 0.325 e. The van der Waals surface area contributed by atoms with Crippen molar-refractivity contribution in [2.75, 3.05) is 13.1 Å². The second-order valence-corrected chi connectivity index (χ2v) is 3.60. The summed E-state index contributed by atoms with van der Waals surface area (Å²) in [6.07, 6.45) is 2.40. The second kappa shape index (κ2) is 3.79. The Morgan fingerprint density at radius 3 is 2.57 bits per heavy atom. The van der Waals surface area contributed by atoms with Gasteiger partial charge in [0.2, 0.25) is 0 Å². The molecule has 0 radical (unpaired) electrons. The highest BCUT2D eigenvalue weighted by Crippen LogP contribution is 2.09. The fourth-order valence-electron chi connectivity index (χ4n) is 1.79.